The summed E-state index contributed by atoms with van der Waals surface area (Å²) in [4.78, 5) is 18.1. The van der Waals surface area contributed by atoms with Crippen LogP contribution < -0.4 is 15.2 Å². The molecule has 1 atom stereocenters. The summed E-state index contributed by atoms with van der Waals surface area (Å²) in [6.45, 7) is 6.04. The van der Waals surface area contributed by atoms with Crippen LogP contribution in [0.25, 0.3) is 5.57 Å². The summed E-state index contributed by atoms with van der Waals surface area (Å²) >= 11 is 6.12. The van der Waals surface area contributed by atoms with E-state index >= 15 is 0 Å². The van der Waals surface area contributed by atoms with Gasteiger partial charge >= 0.3 is 0 Å². The average Bonchev–Trinajstić information content (AvgIpc) is 3.12. The molecule has 1 aliphatic heterocycles. The maximum Gasteiger partial charge on any atom is 0.285 e. The van der Waals surface area contributed by atoms with Crippen LogP contribution in [-0.2, 0) is 0 Å². The Kier molecular flexibility index (Phi) is 5.15. The van der Waals surface area contributed by atoms with E-state index in [1.807, 2.05) is 17.2 Å². The van der Waals surface area contributed by atoms with Crippen molar-refractivity contribution < 1.29 is 4.74 Å². The SMILES string of the molecule is CC1(C)CC=C(c2ccnc(O[C@@H]3CCN(c4cn[nH]c(=O)c4Cl)C3)c2)CC1. The second kappa shape index (κ2) is 7.59. The quantitative estimate of drug-likeness (QED) is 0.837. The molecule has 0 bridgehead atoms. The molecule has 7 heteroatoms. The van der Waals surface area contributed by atoms with Crippen molar-refractivity contribution in [2.45, 2.75) is 45.6 Å². The fourth-order valence-corrected chi connectivity index (χ4v) is 4.03. The molecule has 1 aliphatic carbocycles. The second-order valence-electron chi connectivity index (χ2n) is 8.35. The number of nitrogens with one attached hydrogen (secondary N) is 1. The van der Waals surface area contributed by atoms with Crippen LogP contribution >= 0.6 is 11.6 Å². The van der Waals surface area contributed by atoms with Crippen molar-refractivity contribution in [3.05, 3.63) is 51.5 Å². The molecule has 2 aliphatic rings. The van der Waals surface area contributed by atoms with E-state index in [0.717, 1.165) is 25.8 Å². The zero-order valence-corrected chi connectivity index (χ0v) is 17.0. The molecule has 0 radical (unpaired) electrons. The largest absolute Gasteiger partial charge is 0.472 e. The summed E-state index contributed by atoms with van der Waals surface area (Å²) < 4.78 is 6.14. The van der Waals surface area contributed by atoms with Gasteiger partial charge < -0.3 is 9.64 Å². The minimum Gasteiger partial charge on any atom is -0.472 e. The predicted octanol–water partition coefficient (Wildman–Crippen LogP) is 4.07. The highest BCUT2D eigenvalue weighted by molar-refractivity contribution is 6.33. The highest BCUT2D eigenvalue weighted by atomic mass is 35.5. The third-order valence-electron chi connectivity index (χ3n) is 5.63. The molecule has 0 amide bonds. The molecule has 0 unspecified atom stereocenters. The molecule has 1 N–H and O–H groups in total. The van der Waals surface area contributed by atoms with Gasteiger partial charge in [0.1, 0.15) is 11.1 Å². The number of rotatable bonds is 4. The first-order valence-electron chi connectivity index (χ1n) is 9.71. The molecular weight excluding hydrogens is 376 g/mol. The zero-order chi connectivity index (χ0) is 19.7. The average molecular weight is 401 g/mol. The summed E-state index contributed by atoms with van der Waals surface area (Å²) in [5.74, 6) is 0.644. The second-order valence-corrected chi connectivity index (χ2v) is 8.73. The van der Waals surface area contributed by atoms with Crippen LogP contribution in [0.1, 0.15) is 45.1 Å². The van der Waals surface area contributed by atoms with Crippen molar-refractivity contribution >= 4 is 22.9 Å². The van der Waals surface area contributed by atoms with E-state index in [4.69, 9.17) is 16.3 Å². The number of pyridine rings is 1. The minimum atomic E-state index is -0.373. The summed E-state index contributed by atoms with van der Waals surface area (Å²) in [5, 5.41) is 6.36. The van der Waals surface area contributed by atoms with Crippen LogP contribution in [0.15, 0.2) is 35.4 Å². The van der Waals surface area contributed by atoms with Gasteiger partial charge in [-0.1, -0.05) is 31.5 Å². The molecule has 148 valence electrons. The van der Waals surface area contributed by atoms with Crippen molar-refractivity contribution in [2.75, 3.05) is 18.0 Å². The molecule has 28 heavy (non-hydrogen) atoms. The van der Waals surface area contributed by atoms with E-state index in [-0.39, 0.29) is 16.7 Å². The van der Waals surface area contributed by atoms with Gasteiger partial charge in [0.2, 0.25) is 5.88 Å². The van der Waals surface area contributed by atoms with E-state index in [9.17, 15) is 4.79 Å². The molecule has 0 aromatic carbocycles. The van der Waals surface area contributed by atoms with E-state index in [2.05, 4.69) is 41.2 Å². The number of allylic oxidation sites excluding steroid dienone is 2. The molecule has 1 fully saturated rings. The monoisotopic (exact) mass is 400 g/mol. The van der Waals surface area contributed by atoms with E-state index in [1.54, 1.807) is 6.20 Å². The fraction of sp³-hybridized carbons (Fsp3) is 0.476. The fourth-order valence-electron chi connectivity index (χ4n) is 3.82. The predicted molar refractivity (Wildman–Crippen MR) is 111 cm³/mol. The van der Waals surface area contributed by atoms with Crippen molar-refractivity contribution in [1.82, 2.24) is 15.2 Å². The van der Waals surface area contributed by atoms with Gasteiger partial charge in [-0.2, -0.15) is 5.10 Å². The first kappa shape index (κ1) is 19.0. The number of anilines is 1. The molecule has 6 nitrogen and oxygen atoms in total. The highest BCUT2D eigenvalue weighted by Gasteiger charge is 2.27. The first-order valence-corrected chi connectivity index (χ1v) is 10.1. The number of nitrogens with zero attached hydrogens (tertiary/aromatic N) is 3. The molecule has 1 saturated heterocycles. The number of halogens is 1. The Morgan fingerprint density at radius 3 is 3.04 bits per heavy atom. The van der Waals surface area contributed by atoms with Gasteiger partial charge in [0.15, 0.2) is 0 Å². The Hall–Kier alpha value is -2.34. The Bertz CT molecular complexity index is 953. The lowest BCUT2D eigenvalue weighted by atomic mass is 9.77. The van der Waals surface area contributed by atoms with E-state index < -0.39 is 0 Å². The van der Waals surface area contributed by atoms with Gasteiger partial charge in [0.05, 0.1) is 18.4 Å². The summed E-state index contributed by atoms with van der Waals surface area (Å²) in [6.07, 6.45) is 9.97. The smallest absolute Gasteiger partial charge is 0.285 e. The van der Waals surface area contributed by atoms with Crippen LogP contribution in [0.2, 0.25) is 5.02 Å². The van der Waals surface area contributed by atoms with Gasteiger partial charge in [0, 0.05) is 25.2 Å². The van der Waals surface area contributed by atoms with Crippen LogP contribution in [0.5, 0.6) is 5.88 Å². The summed E-state index contributed by atoms with van der Waals surface area (Å²) in [7, 11) is 0. The lowest BCUT2D eigenvalue weighted by Gasteiger charge is -2.28. The van der Waals surface area contributed by atoms with Crippen LogP contribution in [-0.4, -0.2) is 34.4 Å². The Morgan fingerprint density at radius 2 is 2.25 bits per heavy atom. The van der Waals surface area contributed by atoms with Crippen LogP contribution in [0, 0.1) is 5.41 Å². The Morgan fingerprint density at radius 1 is 1.39 bits per heavy atom. The molecule has 2 aromatic rings. The Labute approximate surface area is 169 Å². The number of aromatic amines is 1. The number of H-pyrrole nitrogens is 1. The first-order chi connectivity index (χ1) is 13.4. The maximum atomic E-state index is 11.7. The summed E-state index contributed by atoms with van der Waals surface area (Å²) in [5.41, 5.74) is 3.23. The maximum absolute atomic E-state index is 11.7. The Balaban J connectivity index is 1.44. The van der Waals surface area contributed by atoms with Crippen molar-refractivity contribution in [1.29, 1.82) is 0 Å². The number of hydrogen-bond donors (Lipinski definition) is 1. The third-order valence-corrected chi connectivity index (χ3v) is 5.99. The third kappa shape index (κ3) is 4.07. The van der Waals surface area contributed by atoms with Crippen LogP contribution in [0.3, 0.4) is 0 Å². The number of aromatic nitrogens is 3. The normalized spacial score (nSPS) is 21.5. The van der Waals surface area contributed by atoms with Gasteiger partial charge in [0.25, 0.3) is 5.56 Å². The highest BCUT2D eigenvalue weighted by Crippen LogP contribution is 2.38. The lowest BCUT2D eigenvalue weighted by molar-refractivity contribution is 0.216. The molecule has 3 heterocycles. The number of hydrogen-bond acceptors (Lipinski definition) is 5. The van der Waals surface area contributed by atoms with Crippen LogP contribution in [0.4, 0.5) is 5.69 Å². The van der Waals surface area contributed by atoms with Gasteiger partial charge in [-0.3, -0.25) is 4.79 Å². The standard InChI is InChI=1S/C21H25ClN4O2/c1-21(2)7-3-14(4-8-21)15-5-9-23-18(11-15)28-16-6-10-26(13-16)17-12-24-25-20(27)19(17)22/h3,5,9,11-12,16H,4,6-8,10,13H2,1-2H3,(H,25,27)/t16-/m1/s1. The molecule has 0 saturated carbocycles. The van der Waals surface area contributed by atoms with E-state index in [0.29, 0.717) is 23.5 Å². The van der Waals surface area contributed by atoms with E-state index in [1.165, 1.54) is 17.6 Å². The topological polar surface area (TPSA) is 71.1 Å². The molecular formula is C21H25ClN4O2. The van der Waals surface area contributed by atoms with Crippen molar-refractivity contribution in [3.8, 4) is 5.88 Å². The van der Waals surface area contributed by atoms with Gasteiger partial charge in [-0.15, -0.1) is 0 Å². The van der Waals surface area contributed by atoms with Gasteiger partial charge in [-0.25, -0.2) is 10.1 Å². The lowest BCUT2D eigenvalue weighted by Crippen LogP contribution is -2.26. The molecule has 4 rings (SSSR count). The molecule has 2 aromatic heterocycles. The summed E-state index contributed by atoms with van der Waals surface area (Å²) in [6, 6.07) is 4.09. The molecule has 0 spiro atoms. The van der Waals surface area contributed by atoms with Gasteiger partial charge in [-0.05, 0) is 41.9 Å². The van der Waals surface area contributed by atoms with Crippen molar-refractivity contribution in [2.24, 2.45) is 5.41 Å². The van der Waals surface area contributed by atoms with Crippen molar-refractivity contribution in [3.63, 3.8) is 0 Å². The minimum absolute atomic E-state index is 0.00243. The zero-order valence-electron chi connectivity index (χ0n) is 16.2. The number of ether oxygens (including phenoxy) is 1.